The van der Waals surface area contributed by atoms with Gasteiger partial charge in [0.05, 0.1) is 12.3 Å². The summed E-state index contributed by atoms with van der Waals surface area (Å²) in [6, 6.07) is 11.1. The first kappa shape index (κ1) is 19.5. The van der Waals surface area contributed by atoms with Gasteiger partial charge in [-0.05, 0) is 29.7 Å². The van der Waals surface area contributed by atoms with Crippen molar-refractivity contribution < 1.29 is 14.6 Å². The molecule has 144 valence electrons. The number of pyridine rings is 1. The lowest BCUT2D eigenvalue weighted by atomic mass is 10.0. The summed E-state index contributed by atoms with van der Waals surface area (Å²) in [5.74, 6) is -0.807. The van der Waals surface area contributed by atoms with E-state index in [9.17, 15) is 9.90 Å². The number of methoxy groups -OCH3 is 1. The summed E-state index contributed by atoms with van der Waals surface area (Å²) in [5.41, 5.74) is 4.09. The van der Waals surface area contributed by atoms with Gasteiger partial charge in [-0.2, -0.15) is 0 Å². The van der Waals surface area contributed by atoms with E-state index in [1.165, 1.54) is 5.56 Å². The van der Waals surface area contributed by atoms with Crippen molar-refractivity contribution in [3.63, 3.8) is 0 Å². The van der Waals surface area contributed by atoms with Crippen LogP contribution in [-0.2, 0) is 22.7 Å². The molecule has 0 bridgehead atoms. The number of benzene rings is 1. The van der Waals surface area contributed by atoms with Crippen LogP contribution in [0, 0.1) is 6.92 Å². The van der Waals surface area contributed by atoms with Crippen LogP contribution in [0.4, 0.5) is 0 Å². The van der Waals surface area contributed by atoms with Crippen LogP contribution in [-0.4, -0.2) is 59.1 Å². The lowest BCUT2D eigenvalue weighted by Crippen LogP contribution is -2.49. The Hall–Kier alpha value is -2.28. The molecule has 1 aliphatic rings. The van der Waals surface area contributed by atoms with Gasteiger partial charge in [0.25, 0.3) is 0 Å². The highest BCUT2D eigenvalue weighted by atomic mass is 16.5. The van der Waals surface area contributed by atoms with Crippen molar-refractivity contribution in [2.45, 2.75) is 26.1 Å². The second-order valence-electron chi connectivity index (χ2n) is 7.00. The maximum absolute atomic E-state index is 12.0. The Bertz CT molecular complexity index is 773. The molecule has 6 nitrogen and oxygen atoms in total. The highest BCUT2D eigenvalue weighted by Gasteiger charge is 2.30. The normalized spacial score (nSPS) is 17.0. The zero-order valence-electron chi connectivity index (χ0n) is 16.0. The van der Waals surface area contributed by atoms with E-state index < -0.39 is 12.0 Å². The summed E-state index contributed by atoms with van der Waals surface area (Å²) in [6.45, 7) is 6.47. The Morgan fingerprint density at radius 1 is 1.22 bits per heavy atom. The third-order valence-corrected chi connectivity index (χ3v) is 5.07. The van der Waals surface area contributed by atoms with E-state index in [4.69, 9.17) is 4.74 Å². The van der Waals surface area contributed by atoms with Gasteiger partial charge in [0.2, 0.25) is 0 Å². The topological polar surface area (TPSA) is 65.9 Å². The van der Waals surface area contributed by atoms with E-state index in [1.807, 2.05) is 36.5 Å². The van der Waals surface area contributed by atoms with Crippen molar-refractivity contribution in [3.8, 4) is 0 Å². The molecule has 0 radical (unpaired) electrons. The largest absolute Gasteiger partial charge is 0.480 e. The molecule has 1 fully saturated rings. The predicted octanol–water partition coefficient (Wildman–Crippen LogP) is 2.48. The second-order valence-corrected chi connectivity index (χ2v) is 7.00. The van der Waals surface area contributed by atoms with E-state index in [0.717, 1.165) is 49.5 Å². The third kappa shape index (κ3) is 4.91. The first-order chi connectivity index (χ1) is 13.1. The molecule has 1 atom stereocenters. The molecular weight excluding hydrogens is 342 g/mol. The molecule has 1 aromatic carbocycles. The minimum atomic E-state index is -0.807. The van der Waals surface area contributed by atoms with Gasteiger partial charge < -0.3 is 9.84 Å². The number of rotatable bonds is 7. The molecule has 6 heteroatoms. The predicted molar refractivity (Wildman–Crippen MR) is 103 cm³/mol. The van der Waals surface area contributed by atoms with Crippen LogP contribution in [0.3, 0.4) is 0 Å². The Kier molecular flexibility index (Phi) is 6.55. The second kappa shape index (κ2) is 9.08. The van der Waals surface area contributed by atoms with Crippen LogP contribution in [0.15, 0.2) is 42.6 Å². The van der Waals surface area contributed by atoms with Crippen molar-refractivity contribution in [2.75, 3.05) is 33.3 Å². The molecule has 0 saturated carbocycles. The lowest BCUT2D eigenvalue weighted by Gasteiger charge is -2.37. The monoisotopic (exact) mass is 369 g/mol. The Morgan fingerprint density at radius 3 is 2.67 bits per heavy atom. The van der Waals surface area contributed by atoms with E-state index in [1.54, 1.807) is 7.11 Å². The van der Waals surface area contributed by atoms with Gasteiger partial charge in [0.1, 0.15) is 6.04 Å². The van der Waals surface area contributed by atoms with Crippen LogP contribution in [0.1, 0.15) is 28.4 Å². The molecule has 0 amide bonds. The molecule has 1 aromatic heterocycles. The van der Waals surface area contributed by atoms with Crippen LogP contribution >= 0.6 is 0 Å². The standard InChI is InChI=1S/C21H27N3O3/c1-16-5-4-8-22-19(16)14-23-9-11-24(12-10-23)20(21(25)26)18-7-3-6-17(13-18)15-27-2/h3-8,13,20H,9-12,14-15H2,1-2H3,(H,25,26)/t20-/m0/s1. The zero-order chi connectivity index (χ0) is 19.2. The quantitative estimate of drug-likeness (QED) is 0.809. The van der Waals surface area contributed by atoms with Crippen molar-refractivity contribution in [2.24, 2.45) is 0 Å². The van der Waals surface area contributed by atoms with Crippen LogP contribution in [0.5, 0.6) is 0 Å². The molecule has 2 aromatic rings. The molecule has 1 saturated heterocycles. The van der Waals surface area contributed by atoms with Crippen LogP contribution in [0.25, 0.3) is 0 Å². The fourth-order valence-corrected chi connectivity index (χ4v) is 3.60. The summed E-state index contributed by atoms with van der Waals surface area (Å²) in [6.07, 6.45) is 1.83. The van der Waals surface area contributed by atoms with Gasteiger partial charge in [0, 0.05) is 46.0 Å². The minimum Gasteiger partial charge on any atom is -0.480 e. The summed E-state index contributed by atoms with van der Waals surface area (Å²) >= 11 is 0. The Labute approximate surface area is 160 Å². The number of nitrogens with zero attached hydrogens (tertiary/aromatic N) is 3. The number of aryl methyl sites for hydroxylation is 1. The van der Waals surface area contributed by atoms with Gasteiger partial charge in [-0.25, -0.2) is 0 Å². The number of carboxylic acid groups (broad SMARTS) is 1. The van der Waals surface area contributed by atoms with E-state index in [-0.39, 0.29) is 0 Å². The fourth-order valence-electron chi connectivity index (χ4n) is 3.60. The fraction of sp³-hybridized carbons (Fsp3) is 0.429. The summed E-state index contributed by atoms with van der Waals surface area (Å²) in [4.78, 5) is 20.8. The van der Waals surface area contributed by atoms with Gasteiger partial charge >= 0.3 is 5.97 Å². The molecular formula is C21H27N3O3. The summed E-state index contributed by atoms with van der Waals surface area (Å²) < 4.78 is 5.18. The molecule has 0 aliphatic carbocycles. The minimum absolute atomic E-state index is 0.484. The van der Waals surface area contributed by atoms with Crippen molar-refractivity contribution in [1.29, 1.82) is 0 Å². The highest BCUT2D eigenvalue weighted by Crippen LogP contribution is 2.24. The molecule has 0 unspecified atom stereocenters. The SMILES string of the molecule is COCc1cccc([C@@H](C(=O)O)N2CCN(Cc3ncccc3C)CC2)c1. The van der Waals surface area contributed by atoms with Gasteiger partial charge in [0.15, 0.2) is 0 Å². The number of hydrogen-bond donors (Lipinski definition) is 1. The van der Waals surface area contributed by atoms with Gasteiger partial charge in [-0.3, -0.25) is 19.6 Å². The number of piperazine rings is 1. The first-order valence-corrected chi connectivity index (χ1v) is 9.26. The molecule has 27 heavy (non-hydrogen) atoms. The number of carbonyl (C=O) groups is 1. The van der Waals surface area contributed by atoms with E-state index in [2.05, 4.69) is 27.8 Å². The Balaban J connectivity index is 1.66. The lowest BCUT2D eigenvalue weighted by molar-refractivity contribution is -0.144. The maximum atomic E-state index is 12.0. The van der Waals surface area contributed by atoms with Crippen molar-refractivity contribution >= 4 is 5.97 Å². The van der Waals surface area contributed by atoms with Crippen LogP contribution in [0.2, 0.25) is 0 Å². The molecule has 1 aliphatic heterocycles. The zero-order valence-corrected chi connectivity index (χ0v) is 16.0. The van der Waals surface area contributed by atoms with E-state index in [0.29, 0.717) is 6.61 Å². The third-order valence-electron chi connectivity index (χ3n) is 5.07. The molecule has 3 rings (SSSR count). The smallest absolute Gasteiger partial charge is 0.325 e. The number of hydrogen-bond acceptors (Lipinski definition) is 5. The molecule has 1 N–H and O–H groups in total. The summed E-state index contributed by atoms with van der Waals surface area (Å²) in [5, 5.41) is 9.84. The average molecular weight is 369 g/mol. The van der Waals surface area contributed by atoms with E-state index >= 15 is 0 Å². The Morgan fingerprint density at radius 2 is 2.00 bits per heavy atom. The van der Waals surface area contributed by atoms with Crippen molar-refractivity contribution in [1.82, 2.24) is 14.8 Å². The number of ether oxygens (including phenoxy) is 1. The summed E-state index contributed by atoms with van der Waals surface area (Å²) in [7, 11) is 1.64. The number of aromatic nitrogens is 1. The molecule has 0 spiro atoms. The average Bonchev–Trinajstić information content (AvgIpc) is 2.66. The van der Waals surface area contributed by atoms with Crippen molar-refractivity contribution in [3.05, 3.63) is 65.0 Å². The first-order valence-electron chi connectivity index (χ1n) is 9.26. The van der Waals surface area contributed by atoms with Gasteiger partial charge in [-0.15, -0.1) is 0 Å². The maximum Gasteiger partial charge on any atom is 0.325 e. The van der Waals surface area contributed by atoms with Crippen LogP contribution < -0.4 is 0 Å². The highest BCUT2D eigenvalue weighted by molar-refractivity contribution is 5.75. The number of carboxylic acids is 1. The number of aliphatic carboxylic acids is 1. The van der Waals surface area contributed by atoms with Gasteiger partial charge in [-0.1, -0.05) is 30.3 Å². The molecule has 2 heterocycles.